The Labute approximate surface area is 147 Å². The maximum atomic E-state index is 12.3. The molecule has 2 aromatic carbocycles. The highest BCUT2D eigenvalue weighted by Crippen LogP contribution is 2.30. The average Bonchev–Trinajstić information content (AvgIpc) is 2.63. The number of hydrogen-bond acceptors (Lipinski definition) is 5. The molecular weight excluding hydrogens is 344 g/mol. The molecule has 0 aliphatic heterocycles. The number of anilines is 1. The van der Waals surface area contributed by atoms with E-state index in [1.54, 1.807) is 18.2 Å². The first kappa shape index (κ1) is 18.8. The number of sulfonamides is 1. The highest BCUT2D eigenvalue weighted by atomic mass is 32.2. The van der Waals surface area contributed by atoms with Crippen molar-refractivity contribution in [2.75, 3.05) is 26.1 Å². The minimum absolute atomic E-state index is 0.0919. The standard InChI is InChI=1S/C17H20N2O5S/c1-4-24-15-10-7-13(11-16(15)23-3)19-17(20)12-5-8-14(9-6-12)25(21,22)18-2/h5-11,18H,4H2,1-3H3,(H,19,20). The molecule has 2 N–H and O–H groups in total. The Morgan fingerprint density at radius 3 is 2.32 bits per heavy atom. The highest BCUT2D eigenvalue weighted by Gasteiger charge is 2.13. The number of methoxy groups -OCH3 is 1. The van der Waals surface area contributed by atoms with Crippen molar-refractivity contribution in [3.8, 4) is 11.5 Å². The van der Waals surface area contributed by atoms with Gasteiger partial charge < -0.3 is 14.8 Å². The number of hydrogen-bond donors (Lipinski definition) is 2. The number of benzene rings is 2. The quantitative estimate of drug-likeness (QED) is 0.786. The molecule has 0 radical (unpaired) electrons. The van der Waals surface area contributed by atoms with Crippen molar-refractivity contribution in [3.05, 3.63) is 48.0 Å². The number of amides is 1. The normalized spacial score (nSPS) is 11.0. The Balaban J connectivity index is 2.17. The lowest BCUT2D eigenvalue weighted by Crippen LogP contribution is -2.19. The Morgan fingerprint density at radius 1 is 1.08 bits per heavy atom. The van der Waals surface area contributed by atoms with Crippen molar-refractivity contribution in [1.82, 2.24) is 4.72 Å². The number of carbonyl (C=O) groups excluding carboxylic acids is 1. The van der Waals surface area contributed by atoms with Gasteiger partial charge in [-0.1, -0.05) is 0 Å². The minimum atomic E-state index is -3.53. The van der Waals surface area contributed by atoms with Gasteiger partial charge in [-0.05, 0) is 50.4 Å². The summed E-state index contributed by atoms with van der Waals surface area (Å²) in [5, 5.41) is 2.73. The van der Waals surface area contributed by atoms with Gasteiger partial charge in [-0.3, -0.25) is 4.79 Å². The van der Waals surface area contributed by atoms with Gasteiger partial charge in [0.15, 0.2) is 11.5 Å². The zero-order chi connectivity index (χ0) is 18.4. The molecule has 8 heteroatoms. The minimum Gasteiger partial charge on any atom is -0.493 e. The van der Waals surface area contributed by atoms with Gasteiger partial charge in [0.25, 0.3) is 5.91 Å². The Bertz CT molecular complexity index is 848. The largest absolute Gasteiger partial charge is 0.493 e. The van der Waals surface area contributed by atoms with Crippen LogP contribution in [0.25, 0.3) is 0 Å². The fraction of sp³-hybridized carbons (Fsp3) is 0.235. The summed E-state index contributed by atoms with van der Waals surface area (Å²) in [5.74, 6) is 0.736. The van der Waals surface area contributed by atoms with E-state index in [9.17, 15) is 13.2 Å². The molecule has 2 aromatic rings. The van der Waals surface area contributed by atoms with Crippen LogP contribution in [0.5, 0.6) is 11.5 Å². The molecular formula is C17H20N2O5S. The van der Waals surface area contributed by atoms with Crippen LogP contribution in [0.1, 0.15) is 17.3 Å². The van der Waals surface area contributed by atoms with Gasteiger partial charge in [-0.2, -0.15) is 0 Å². The van der Waals surface area contributed by atoms with Crippen LogP contribution in [0.4, 0.5) is 5.69 Å². The van der Waals surface area contributed by atoms with Gasteiger partial charge in [0.1, 0.15) is 0 Å². The van der Waals surface area contributed by atoms with Crippen LogP contribution in [-0.2, 0) is 10.0 Å². The molecule has 25 heavy (non-hydrogen) atoms. The SMILES string of the molecule is CCOc1ccc(NC(=O)c2ccc(S(=O)(=O)NC)cc2)cc1OC. The fourth-order valence-electron chi connectivity index (χ4n) is 2.13. The van der Waals surface area contributed by atoms with Crippen molar-refractivity contribution >= 4 is 21.6 Å². The predicted octanol–water partition coefficient (Wildman–Crippen LogP) is 2.25. The van der Waals surface area contributed by atoms with E-state index in [1.165, 1.54) is 38.4 Å². The number of ether oxygens (including phenoxy) is 2. The van der Waals surface area contributed by atoms with Crippen LogP contribution in [0.2, 0.25) is 0 Å². The molecule has 0 bridgehead atoms. The van der Waals surface area contributed by atoms with E-state index in [0.29, 0.717) is 29.4 Å². The summed E-state index contributed by atoms with van der Waals surface area (Å²) < 4.78 is 36.3. The summed E-state index contributed by atoms with van der Waals surface area (Å²) >= 11 is 0. The van der Waals surface area contributed by atoms with Gasteiger partial charge in [0.05, 0.1) is 18.6 Å². The second-order valence-corrected chi connectivity index (χ2v) is 6.87. The van der Waals surface area contributed by atoms with Crippen LogP contribution in [0.3, 0.4) is 0 Å². The Morgan fingerprint density at radius 2 is 1.76 bits per heavy atom. The van der Waals surface area contributed by atoms with Gasteiger partial charge in [-0.25, -0.2) is 13.1 Å². The number of rotatable bonds is 7. The first-order valence-electron chi connectivity index (χ1n) is 7.57. The molecule has 0 fully saturated rings. The molecule has 0 atom stereocenters. The summed E-state index contributed by atoms with van der Waals surface area (Å²) in [6.07, 6.45) is 0. The maximum Gasteiger partial charge on any atom is 0.255 e. The van der Waals surface area contributed by atoms with Crippen molar-refractivity contribution < 1.29 is 22.7 Å². The van der Waals surface area contributed by atoms with Crippen LogP contribution in [0.15, 0.2) is 47.4 Å². The smallest absolute Gasteiger partial charge is 0.255 e. The molecule has 0 saturated carbocycles. The molecule has 0 aliphatic carbocycles. The van der Waals surface area contributed by atoms with Crippen molar-refractivity contribution in [2.45, 2.75) is 11.8 Å². The summed E-state index contributed by atoms with van der Waals surface area (Å²) in [7, 11) is -0.684. The third-order valence-electron chi connectivity index (χ3n) is 3.42. The van der Waals surface area contributed by atoms with Crippen LogP contribution in [-0.4, -0.2) is 35.1 Å². The summed E-state index contributed by atoms with van der Waals surface area (Å²) in [5.41, 5.74) is 0.875. The molecule has 1 amide bonds. The van der Waals surface area contributed by atoms with E-state index < -0.39 is 10.0 Å². The van der Waals surface area contributed by atoms with Gasteiger partial charge in [0, 0.05) is 17.3 Å². The van der Waals surface area contributed by atoms with E-state index in [2.05, 4.69) is 10.0 Å². The van der Waals surface area contributed by atoms with Crippen molar-refractivity contribution in [2.24, 2.45) is 0 Å². The molecule has 0 aromatic heterocycles. The Hall–Kier alpha value is -2.58. The van der Waals surface area contributed by atoms with E-state index in [1.807, 2.05) is 6.92 Å². The molecule has 7 nitrogen and oxygen atoms in total. The monoisotopic (exact) mass is 364 g/mol. The lowest BCUT2D eigenvalue weighted by Gasteiger charge is -2.12. The maximum absolute atomic E-state index is 12.3. The second kappa shape index (κ2) is 8.00. The predicted molar refractivity (Wildman–Crippen MR) is 94.8 cm³/mol. The zero-order valence-electron chi connectivity index (χ0n) is 14.2. The zero-order valence-corrected chi connectivity index (χ0v) is 15.0. The van der Waals surface area contributed by atoms with Crippen molar-refractivity contribution in [3.63, 3.8) is 0 Å². The molecule has 2 rings (SSSR count). The lowest BCUT2D eigenvalue weighted by molar-refractivity contribution is 0.102. The lowest BCUT2D eigenvalue weighted by atomic mass is 10.2. The second-order valence-electron chi connectivity index (χ2n) is 4.98. The van der Waals surface area contributed by atoms with Crippen LogP contribution < -0.4 is 19.5 Å². The van der Waals surface area contributed by atoms with E-state index in [4.69, 9.17) is 9.47 Å². The summed E-state index contributed by atoms with van der Waals surface area (Å²) in [6.45, 7) is 2.37. The molecule has 0 spiro atoms. The third-order valence-corrected chi connectivity index (χ3v) is 4.85. The first-order chi connectivity index (χ1) is 11.9. The molecule has 0 heterocycles. The topological polar surface area (TPSA) is 93.7 Å². The third kappa shape index (κ3) is 4.49. The molecule has 134 valence electrons. The van der Waals surface area contributed by atoms with E-state index >= 15 is 0 Å². The van der Waals surface area contributed by atoms with E-state index in [-0.39, 0.29) is 10.8 Å². The van der Waals surface area contributed by atoms with Gasteiger partial charge >= 0.3 is 0 Å². The number of nitrogens with one attached hydrogen (secondary N) is 2. The first-order valence-corrected chi connectivity index (χ1v) is 9.05. The van der Waals surface area contributed by atoms with Crippen LogP contribution in [0, 0.1) is 0 Å². The molecule has 0 unspecified atom stereocenters. The van der Waals surface area contributed by atoms with Crippen LogP contribution >= 0.6 is 0 Å². The van der Waals surface area contributed by atoms with Gasteiger partial charge in [-0.15, -0.1) is 0 Å². The van der Waals surface area contributed by atoms with Gasteiger partial charge in [0.2, 0.25) is 10.0 Å². The summed E-state index contributed by atoms with van der Waals surface area (Å²) in [6, 6.07) is 10.7. The van der Waals surface area contributed by atoms with Crippen molar-refractivity contribution in [1.29, 1.82) is 0 Å². The fourth-order valence-corrected chi connectivity index (χ4v) is 2.86. The number of carbonyl (C=O) groups is 1. The molecule has 0 saturated heterocycles. The Kier molecular flexibility index (Phi) is 6.00. The van der Waals surface area contributed by atoms with E-state index in [0.717, 1.165) is 0 Å². The summed E-state index contributed by atoms with van der Waals surface area (Å²) in [4.78, 5) is 12.4. The molecule has 0 aliphatic rings. The average molecular weight is 364 g/mol. The highest BCUT2D eigenvalue weighted by molar-refractivity contribution is 7.89.